The molecule has 0 radical (unpaired) electrons. The lowest BCUT2D eigenvalue weighted by Gasteiger charge is -2.33. The minimum Gasteiger partial charge on any atom is -0.388 e. The number of carbonyl (C=O) groups excluding carboxylic acids is 3. The quantitative estimate of drug-likeness (QED) is 0.167. The summed E-state index contributed by atoms with van der Waals surface area (Å²) in [6.07, 6.45) is 2.35. The van der Waals surface area contributed by atoms with E-state index in [0.29, 0.717) is 6.07 Å². The predicted molar refractivity (Wildman–Crippen MR) is 163 cm³/mol. The number of benzene rings is 1. The molecule has 2 aromatic rings. The molecule has 2 rings (SSSR count). The van der Waals surface area contributed by atoms with Gasteiger partial charge >= 0.3 is 0 Å². The van der Waals surface area contributed by atoms with Gasteiger partial charge < -0.3 is 26.2 Å². The number of halogens is 2. The highest BCUT2D eigenvalue weighted by Gasteiger charge is 2.35. The third-order valence-electron chi connectivity index (χ3n) is 6.85. The number of thioether (sulfide) groups is 1. The minimum atomic E-state index is -1.79. The van der Waals surface area contributed by atoms with Gasteiger partial charge in [-0.25, -0.2) is 8.78 Å². The molecule has 10 nitrogen and oxygen atoms in total. The van der Waals surface area contributed by atoms with Crippen LogP contribution < -0.4 is 16.0 Å². The van der Waals surface area contributed by atoms with Crippen molar-refractivity contribution in [1.82, 2.24) is 20.9 Å². The van der Waals surface area contributed by atoms with Crippen molar-refractivity contribution in [2.45, 2.75) is 94.9 Å². The molecule has 0 aliphatic rings. The summed E-state index contributed by atoms with van der Waals surface area (Å²) in [6, 6.07) is 4.05. The molecule has 5 N–H and O–H groups in total. The Labute approximate surface area is 261 Å². The van der Waals surface area contributed by atoms with E-state index in [9.17, 15) is 38.6 Å². The summed E-state index contributed by atoms with van der Waals surface area (Å²) >= 11 is 1.53. The van der Waals surface area contributed by atoms with E-state index in [2.05, 4.69) is 34.8 Å². The topological polar surface area (TPSA) is 164 Å². The van der Waals surface area contributed by atoms with E-state index >= 15 is 0 Å². The van der Waals surface area contributed by atoms with Gasteiger partial charge in [0.25, 0.3) is 5.91 Å². The molecular weight excluding hydrogens is 592 g/mol. The van der Waals surface area contributed by atoms with Crippen molar-refractivity contribution < 1.29 is 33.4 Å². The molecule has 0 aliphatic heterocycles. The number of nitriles is 1. The Bertz CT molecular complexity index is 1240. The van der Waals surface area contributed by atoms with Crippen LogP contribution in [0.3, 0.4) is 0 Å². The molecule has 0 saturated carbocycles. The second-order valence-corrected chi connectivity index (χ2v) is 11.9. The molecule has 0 fully saturated rings. The third kappa shape index (κ3) is 12.2. The van der Waals surface area contributed by atoms with E-state index < -0.39 is 59.7 Å². The Hall–Kier alpha value is -3.60. The first kappa shape index (κ1) is 36.6. The number of aromatic nitrogens is 1. The van der Waals surface area contributed by atoms with Crippen LogP contribution in [-0.4, -0.2) is 74.3 Å². The van der Waals surface area contributed by atoms with Gasteiger partial charge in [-0.3, -0.25) is 19.4 Å². The second kappa shape index (κ2) is 18.9. The van der Waals surface area contributed by atoms with Crippen LogP contribution in [-0.2, 0) is 16.0 Å². The van der Waals surface area contributed by atoms with Gasteiger partial charge in [-0.2, -0.15) is 17.0 Å². The number of aliphatic hydroxyl groups is 2. The molecule has 0 saturated heterocycles. The molecular formula is C31H41F2N5O5S. The maximum Gasteiger partial charge on any atom is 0.253 e. The Kier molecular flexibility index (Phi) is 15.7. The molecule has 3 amide bonds. The van der Waals surface area contributed by atoms with Gasteiger partial charge in [-0.15, -0.1) is 0 Å². The molecule has 0 bridgehead atoms. The standard InChI is InChI=1S/C31H41F2N5O5S/c1-4-7-24(8-5-2)44-18-27(38-30(42)21-9-6-12-35-17-21)31(43)37-26(15-20-13-22(32)16-23(33)14-20)29(41)28(40)25(10-11-34)36-19(3)39/h6,9,12-14,16-17,24-29,40-41H,4-5,7-8,10,15,18H2,1-3H3,(H,36,39)(H,37,43)(H,38,42)/t25-,26+,27-,28-,29-/m1/s1. The van der Waals surface area contributed by atoms with E-state index in [1.807, 2.05) is 6.07 Å². The van der Waals surface area contributed by atoms with Crippen molar-refractivity contribution in [2.75, 3.05) is 5.75 Å². The zero-order valence-corrected chi connectivity index (χ0v) is 25.9. The Morgan fingerprint density at radius 2 is 1.64 bits per heavy atom. The molecule has 240 valence electrons. The lowest BCUT2D eigenvalue weighted by molar-refractivity contribution is -0.126. The fourth-order valence-electron chi connectivity index (χ4n) is 4.72. The SMILES string of the molecule is CCCC(CCC)SC[C@@H](NC(=O)c1cccnc1)C(=O)N[C@@H](Cc1cc(F)cc(F)c1)[C@@H](O)[C@H](O)[C@@H](CC#N)NC(C)=O. The number of pyridine rings is 1. The first-order valence-electron chi connectivity index (χ1n) is 14.6. The van der Waals surface area contributed by atoms with Crippen molar-refractivity contribution in [1.29, 1.82) is 5.26 Å². The van der Waals surface area contributed by atoms with Crippen LogP contribution in [0.4, 0.5) is 8.78 Å². The zero-order chi connectivity index (χ0) is 32.6. The Balaban J connectivity index is 2.41. The van der Waals surface area contributed by atoms with Gasteiger partial charge in [0, 0.05) is 36.4 Å². The smallest absolute Gasteiger partial charge is 0.253 e. The number of aliphatic hydroxyl groups excluding tert-OH is 2. The molecule has 5 atom stereocenters. The van der Waals surface area contributed by atoms with Crippen LogP contribution in [0.15, 0.2) is 42.7 Å². The average Bonchev–Trinajstić information content (AvgIpc) is 2.97. The first-order valence-corrected chi connectivity index (χ1v) is 15.6. The highest BCUT2D eigenvalue weighted by atomic mass is 32.2. The van der Waals surface area contributed by atoms with Gasteiger partial charge in [0.05, 0.1) is 30.1 Å². The van der Waals surface area contributed by atoms with Crippen molar-refractivity contribution in [2.24, 2.45) is 0 Å². The van der Waals surface area contributed by atoms with Crippen LogP contribution in [0.5, 0.6) is 0 Å². The second-order valence-electron chi connectivity index (χ2n) is 10.5. The van der Waals surface area contributed by atoms with Gasteiger partial charge in [-0.05, 0) is 49.1 Å². The summed E-state index contributed by atoms with van der Waals surface area (Å²) in [4.78, 5) is 42.4. The number of hydrogen-bond donors (Lipinski definition) is 5. The van der Waals surface area contributed by atoms with Crippen LogP contribution in [0.1, 0.15) is 68.8 Å². The van der Waals surface area contributed by atoms with Gasteiger partial charge in [0.15, 0.2) is 0 Å². The summed E-state index contributed by atoms with van der Waals surface area (Å²) in [5.41, 5.74) is 0.303. The van der Waals surface area contributed by atoms with Crippen molar-refractivity contribution in [3.05, 3.63) is 65.5 Å². The fourth-order valence-corrected chi connectivity index (χ4v) is 6.23. The molecule has 1 aromatic carbocycles. The van der Waals surface area contributed by atoms with Gasteiger partial charge in [-0.1, -0.05) is 26.7 Å². The summed E-state index contributed by atoms with van der Waals surface area (Å²) < 4.78 is 28.1. The maximum absolute atomic E-state index is 14.0. The summed E-state index contributed by atoms with van der Waals surface area (Å²) in [5.74, 6) is -3.39. The number of carbonyl (C=O) groups is 3. The van der Waals surface area contributed by atoms with Crippen LogP contribution in [0, 0.1) is 23.0 Å². The summed E-state index contributed by atoms with van der Waals surface area (Å²) in [5, 5.41) is 39.4. The van der Waals surface area contributed by atoms with Gasteiger partial charge in [0.1, 0.15) is 29.9 Å². The lowest BCUT2D eigenvalue weighted by Crippen LogP contribution is -2.59. The number of rotatable bonds is 18. The molecule has 0 spiro atoms. The van der Waals surface area contributed by atoms with Crippen molar-refractivity contribution in [3.63, 3.8) is 0 Å². The van der Waals surface area contributed by atoms with E-state index in [0.717, 1.165) is 37.8 Å². The number of hydrogen-bond acceptors (Lipinski definition) is 8. The summed E-state index contributed by atoms with van der Waals surface area (Å²) in [7, 11) is 0. The maximum atomic E-state index is 14.0. The largest absolute Gasteiger partial charge is 0.388 e. The first-order chi connectivity index (χ1) is 21.0. The van der Waals surface area contributed by atoms with Crippen molar-refractivity contribution >= 4 is 29.5 Å². The highest BCUT2D eigenvalue weighted by molar-refractivity contribution is 7.99. The molecule has 44 heavy (non-hydrogen) atoms. The van der Waals surface area contributed by atoms with Crippen LogP contribution in [0.25, 0.3) is 0 Å². The van der Waals surface area contributed by atoms with Crippen LogP contribution >= 0.6 is 11.8 Å². The van der Waals surface area contributed by atoms with Crippen LogP contribution in [0.2, 0.25) is 0 Å². The summed E-state index contributed by atoms with van der Waals surface area (Å²) in [6.45, 7) is 5.30. The normalized spacial score (nSPS) is 14.5. The molecule has 13 heteroatoms. The lowest BCUT2D eigenvalue weighted by atomic mass is 9.92. The van der Waals surface area contributed by atoms with Gasteiger partial charge in [0.2, 0.25) is 11.8 Å². The molecule has 0 unspecified atom stereocenters. The minimum absolute atomic E-state index is 0.0756. The molecule has 0 aliphatic carbocycles. The van der Waals surface area contributed by atoms with E-state index in [1.165, 1.54) is 31.1 Å². The Morgan fingerprint density at radius 3 is 2.18 bits per heavy atom. The number of amides is 3. The average molecular weight is 634 g/mol. The molecule has 1 heterocycles. The number of nitrogens with zero attached hydrogens (tertiary/aromatic N) is 2. The zero-order valence-electron chi connectivity index (χ0n) is 25.1. The third-order valence-corrected chi connectivity index (χ3v) is 8.31. The molecule has 1 aromatic heterocycles. The van der Waals surface area contributed by atoms with E-state index in [1.54, 1.807) is 12.1 Å². The predicted octanol–water partition coefficient (Wildman–Crippen LogP) is 3.03. The monoisotopic (exact) mass is 633 g/mol. The highest BCUT2D eigenvalue weighted by Crippen LogP contribution is 2.23. The fraction of sp³-hybridized carbons (Fsp3) is 0.516. The van der Waals surface area contributed by atoms with E-state index in [-0.39, 0.29) is 35.0 Å². The van der Waals surface area contributed by atoms with Crippen molar-refractivity contribution in [3.8, 4) is 6.07 Å². The Morgan fingerprint density at radius 1 is 1.00 bits per heavy atom. The van der Waals surface area contributed by atoms with E-state index in [4.69, 9.17) is 0 Å². The number of nitrogens with one attached hydrogen (secondary N) is 3.